The van der Waals surface area contributed by atoms with Crippen molar-refractivity contribution in [3.8, 4) is 0 Å². The highest BCUT2D eigenvalue weighted by molar-refractivity contribution is 5.56. The molecule has 0 aliphatic rings. The third-order valence-corrected chi connectivity index (χ3v) is 1.17. The average molecular weight is 135 g/mol. The Hall–Kier alpha value is -1.11. The first-order chi connectivity index (χ1) is 4.76. The maximum atomic E-state index is 4.08. The van der Waals surface area contributed by atoms with Crippen LogP contribution in [-0.4, -0.2) is 6.21 Å². The van der Waals surface area contributed by atoms with E-state index in [-0.39, 0.29) is 0 Å². The van der Waals surface area contributed by atoms with Crippen LogP contribution in [0, 0.1) is 0 Å². The normalized spacial score (nSPS) is 13.0. The van der Waals surface area contributed by atoms with Crippen molar-refractivity contribution in [2.75, 3.05) is 0 Å². The van der Waals surface area contributed by atoms with Gasteiger partial charge in [-0.3, -0.25) is 4.99 Å². The third-order valence-electron chi connectivity index (χ3n) is 1.17. The number of hydrogen-bond acceptors (Lipinski definition) is 1. The van der Waals surface area contributed by atoms with E-state index in [0.717, 1.165) is 11.3 Å². The molecule has 0 aromatic heterocycles. The molecule has 0 radical (unpaired) electrons. The van der Waals surface area contributed by atoms with E-state index in [4.69, 9.17) is 0 Å². The largest absolute Gasteiger partial charge is 0.261 e. The van der Waals surface area contributed by atoms with E-state index in [2.05, 4.69) is 18.2 Å². The molecule has 0 unspecified atom stereocenters. The van der Waals surface area contributed by atoms with Crippen LogP contribution in [0.3, 0.4) is 0 Å². The van der Waals surface area contributed by atoms with Gasteiger partial charge in [-0.05, 0) is 25.5 Å². The zero-order valence-corrected chi connectivity index (χ0v) is 6.59. The standard InChI is InChI=1S/C9H13N/c1-5-8(4)9(6-2)10-7-3/h5-7H,1-2H2,3-4H3/b9-8-,10-7?. The molecule has 0 saturated heterocycles. The minimum Gasteiger partial charge on any atom is -0.261 e. The van der Waals surface area contributed by atoms with Gasteiger partial charge in [0.05, 0.1) is 5.70 Å². The topological polar surface area (TPSA) is 12.4 Å². The van der Waals surface area contributed by atoms with Crippen molar-refractivity contribution >= 4 is 6.21 Å². The highest BCUT2D eigenvalue weighted by atomic mass is 14.7. The van der Waals surface area contributed by atoms with Crippen LogP contribution in [0.25, 0.3) is 0 Å². The summed E-state index contributed by atoms with van der Waals surface area (Å²) < 4.78 is 0. The van der Waals surface area contributed by atoms with Crippen molar-refractivity contribution < 1.29 is 0 Å². The Morgan fingerprint density at radius 3 is 2.20 bits per heavy atom. The predicted molar refractivity (Wildman–Crippen MR) is 47.3 cm³/mol. The number of aliphatic imine (C=N–C) groups is 1. The summed E-state index contributed by atoms with van der Waals surface area (Å²) in [6.45, 7) is 11.1. The molecular formula is C9H13N. The molecule has 0 spiro atoms. The summed E-state index contributed by atoms with van der Waals surface area (Å²) in [7, 11) is 0. The minimum atomic E-state index is 0.887. The van der Waals surface area contributed by atoms with Crippen LogP contribution in [0.15, 0.2) is 41.6 Å². The quantitative estimate of drug-likeness (QED) is 0.417. The Morgan fingerprint density at radius 2 is 1.90 bits per heavy atom. The van der Waals surface area contributed by atoms with E-state index in [1.54, 1.807) is 18.4 Å². The van der Waals surface area contributed by atoms with Crippen LogP contribution in [-0.2, 0) is 0 Å². The lowest BCUT2D eigenvalue weighted by Crippen LogP contribution is -1.77. The zero-order valence-electron chi connectivity index (χ0n) is 6.59. The first-order valence-corrected chi connectivity index (χ1v) is 3.20. The van der Waals surface area contributed by atoms with Crippen molar-refractivity contribution in [2.45, 2.75) is 13.8 Å². The molecule has 0 amide bonds. The van der Waals surface area contributed by atoms with Gasteiger partial charge < -0.3 is 0 Å². The molecule has 0 aliphatic carbocycles. The first-order valence-electron chi connectivity index (χ1n) is 3.20. The van der Waals surface area contributed by atoms with Gasteiger partial charge in [0, 0.05) is 6.21 Å². The second-order valence-corrected chi connectivity index (χ2v) is 1.86. The van der Waals surface area contributed by atoms with Gasteiger partial charge in [0.1, 0.15) is 0 Å². The molecule has 0 atom stereocenters. The summed E-state index contributed by atoms with van der Waals surface area (Å²) in [5.41, 5.74) is 1.94. The third kappa shape index (κ3) is 2.44. The Morgan fingerprint density at radius 1 is 1.30 bits per heavy atom. The fourth-order valence-corrected chi connectivity index (χ4v) is 0.559. The summed E-state index contributed by atoms with van der Waals surface area (Å²) in [5.74, 6) is 0. The van der Waals surface area contributed by atoms with E-state index in [0.29, 0.717) is 0 Å². The molecule has 0 aromatic carbocycles. The van der Waals surface area contributed by atoms with Crippen molar-refractivity contribution in [1.82, 2.24) is 0 Å². The summed E-state index contributed by atoms with van der Waals surface area (Å²) in [5, 5.41) is 0. The molecule has 0 N–H and O–H groups in total. The fraction of sp³-hybridized carbons (Fsp3) is 0.222. The van der Waals surface area contributed by atoms with Gasteiger partial charge in [-0.15, -0.1) is 0 Å². The summed E-state index contributed by atoms with van der Waals surface area (Å²) in [6, 6.07) is 0. The van der Waals surface area contributed by atoms with Crippen molar-refractivity contribution in [1.29, 1.82) is 0 Å². The molecule has 0 heterocycles. The summed E-state index contributed by atoms with van der Waals surface area (Å²) in [4.78, 5) is 4.08. The van der Waals surface area contributed by atoms with Gasteiger partial charge in [-0.25, -0.2) is 0 Å². The predicted octanol–water partition coefficient (Wildman–Crippen LogP) is 2.72. The molecule has 0 bridgehead atoms. The molecular weight excluding hydrogens is 122 g/mol. The molecule has 0 fully saturated rings. The number of rotatable bonds is 3. The summed E-state index contributed by atoms with van der Waals surface area (Å²) >= 11 is 0. The smallest absolute Gasteiger partial charge is 0.0648 e. The maximum Gasteiger partial charge on any atom is 0.0648 e. The Kier molecular flexibility index (Phi) is 4.21. The molecule has 0 rings (SSSR count). The van der Waals surface area contributed by atoms with Crippen LogP contribution < -0.4 is 0 Å². The molecule has 0 aromatic rings. The zero-order chi connectivity index (χ0) is 7.98. The lowest BCUT2D eigenvalue weighted by molar-refractivity contribution is 1.32. The molecule has 54 valence electrons. The van der Waals surface area contributed by atoms with E-state index in [1.807, 2.05) is 13.8 Å². The average Bonchev–Trinajstić information content (AvgIpc) is 1.99. The van der Waals surface area contributed by atoms with Crippen molar-refractivity contribution in [3.05, 3.63) is 36.6 Å². The lowest BCUT2D eigenvalue weighted by Gasteiger charge is -1.94. The molecule has 0 aliphatic heterocycles. The number of allylic oxidation sites excluding steroid dienone is 3. The van der Waals surface area contributed by atoms with Gasteiger partial charge in [-0.2, -0.15) is 0 Å². The highest BCUT2D eigenvalue weighted by Crippen LogP contribution is 2.06. The molecule has 0 saturated carbocycles. The number of hydrogen-bond donors (Lipinski definition) is 0. The van der Waals surface area contributed by atoms with Crippen LogP contribution in [0.2, 0.25) is 0 Å². The Bertz CT molecular complexity index is 185. The van der Waals surface area contributed by atoms with Gasteiger partial charge >= 0.3 is 0 Å². The van der Waals surface area contributed by atoms with Gasteiger partial charge in [0.2, 0.25) is 0 Å². The van der Waals surface area contributed by atoms with Crippen LogP contribution in [0.1, 0.15) is 13.8 Å². The van der Waals surface area contributed by atoms with Gasteiger partial charge in [0.15, 0.2) is 0 Å². The van der Waals surface area contributed by atoms with Gasteiger partial charge in [-0.1, -0.05) is 19.2 Å². The molecule has 10 heavy (non-hydrogen) atoms. The second-order valence-electron chi connectivity index (χ2n) is 1.86. The maximum absolute atomic E-state index is 4.08. The molecule has 1 heteroatoms. The van der Waals surface area contributed by atoms with Crippen molar-refractivity contribution in [2.24, 2.45) is 4.99 Å². The van der Waals surface area contributed by atoms with Crippen LogP contribution in [0.4, 0.5) is 0 Å². The monoisotopic (exact) mass is 135 g/mol. The lowest BCUT2D eigenvalue weighted by atomic mass is 10.2. The van der Waals surface area contributed by atoms with E-state index >= 15 is 0 Å². The van der Waals surface area contributed by atoms with Crippen molar-refractivity contribution in [3.63, 3.8) is 0 Å². The molecule has 1 nitrogen and oxygen atoms in total. The summed E-state index contributed by atoms with van der Waals surface area (Å²) in [6.07, 6.45) is 5.23. The Labute approximate surface area is 62.5 Å². The second kappa shape index (κ2) is 4.74. The van der Waals surface area contributed by atoms with E-state index < -0.39 is 0 Å². The highest BCUT2D eigenvalue weighted by Gasteiger charge is 1.88. The van der Waals surface area contributed by atoms with Crippen LogP contribution in [0.5, 0.6) is 0 Å². The minimum absolute atomic E-state index is 0.887. The SMILES string of the molecule is C=C/C(C)=C(/C=C)N=CC. The van der Waals surface area contributed by atoms with E-state index in [1.165, 1.54) is 0 Å². The van der Waals surface area contributed by atoms with Gasteiger partial charge in [0.25, 0.3) is 0 Å². The van der Waals surface area contributed by atoms with Crippen LogP contribution >= 0.6 is 0 Å². The number of nitrogens with zero attached hydrogens (tertiary/aromatic N) is 1. The fourth-order valence-electron chi connectivity index (χ4n) is 0.559. The first kappa shape index (κ1) is 8.89. The Balaban J connectivity index is 4.61. The van der Waals surface area contributed by atoms with E-state index in [9.17, 15) is 0 Å².